The quantitative estimate of drug-likeness (QED) is 0.769. The van der Waals surface area contributed by atoms with E-state index in [1.807, 2.05) is 42.5 Å². The van der Waals surface area contributed by atoms with Crippen molar-refractivity contribution in [3.63, 3.8) is 0 Å². The summed E-state index contributed by atoms with van der Waals surface area (Å²) in [4.78, 5) is 12.6. The molecular formula is C21H25ClN2O2. The Kier molecular flexibility index (Phi) is 5.72. The van der Waals surface area contributed by atoms with E-state index in [0.29, 0.717) is 5.56 Å². The number of hydrogen-bond acceptors (Lipinski definition) is 3. The van der Waals surface area contributed by atoms with Gasteiger partial charge in [0.1, 0.15) is 5.75 Å². The third-order valence-electron chi connectivity index (χ3n) is 5.09. The van der Waals surface area contributed by atoms with Crippen molar-refractivity contribution in [2.45, 2.75) is 38.1 Å². The van der Waals surface area contributed by atoms with Gasteiger partial charge in [-0.3, -0.25) is 4.79 Å². The van der Waals surface area contributed by atoms with E-state index < -0.39 is 0 Å². The van der Waals surface area contributed by atoms with Gasteiger partial charge in [-0.1, -0.05) is 6.07 Å². The van der Waals surface area contributed by atoms with E-state index in [2.05, 4.69) is 5.32 Å². The molecule has 0 saturated heterocycles. The molecule has 0 heterocycles. The molecule has 1 atom stereocenters. The number of amides is 1. The number of ether oxygens (including phenoxy) is 1. The molecule has 0 aromatic heterocycles. The molecule has 2 aliphatic carbocycles. The first kappa shape index (κ1) is 18.6. The van der Waals surface area contributed by atoms with Gasteiger partial charge in [0, 0.05) is 11.3 Å². The number of hydrogen-bond donors (Lipinski definition) is 2. The van der Waals surface area contributed by atoms with Gasteiger partial charge in [-0.15, -0.1) is 12.4 Å². The molecule has 2 aromatic rings. The minimum atomic E-state index is -0.0385. The summed E-state index contributed by atoms with van der Waals surface area (Å²) in [5.41, 5.74) is 9.78. The molecular weight excluding hydrogens is 348 g/mol. The molecule has 4 rings (SSSR count). The molecule has 1 saturated carbocycles. The van der Waals surface area contributed by atoms with Crippen molar-refractivity contribution in [3.05, 3.63) is 59.2 Å². The summed E-state index contributed by atoms with van der Waals surface area (Å²) < 4.78 is 5.73. The Morgan fingerprint density at radius 1 is 1.12 bits per heavy atom. The first-order valence-electron chi connectivity index (χ1n) is 9.11. The summed E-state index contributed by atoms with van der Waals surface area (Å²) in [7, 11) is 0. The lowest BCUT2D eigenvalue weighted by Crippen LogP contribution is -2.31. The standard InChI is InChI=1S/C21H24N2O2.ClH/c22-17-8-11-19-16(12-17)2-1-3-20(19)23-21(24)15-6-9-18(10-7-15)25-13-14-4-5-14;/h6-12,14,20H,1-5,13,22H2,(H,23,24);1H. The van der Waals surface area contributed by atoms with Crippen molar-refractivity contribution in [2.75, 3.05) is 12.3 Å². The summed E-state index contributed by atoms with van der Waals surface area (Å²) in [6.45, 7) is 0.785. The number of nitrogens with two attached hydrogens (primary N) is 1. The first-order valence-corrected chi connectivity index (χ1v) is 9.11. The maximum absolute atomic E-state index is 12.6. The van der Waals surface area contributed by atoms with Gasteiger partial charge in [0.15, 0.2) is 0 Å². The van der Waals surface area contributed by atoms with Gasteiger partial charge in [-0.2, -0.15) is 0 Å². The average molecular weight is 373 g/mol. The van der Waals surface area contributed by atoms with Crippen molar-refractivity contribution in [1.82, 2.24) is 5.32 Å². The number of carbonyl (C=O) groups excluding carboxylic acids is 1. The van der Waals surface area contributed by atoms with Crippen LogP contribution in [0.15, 0.2) is 42.5 Å². The van der Waals surface area contributed by atoms with Crippen LogP contribution in [0, 0.1) is 5.92 Å². The number of nitrogens with one attached hydrogen (secondary N) is 1. The van der Waals surface area contributed by atoms with Crippen molar-refractivity contribution in [3.8, 4) is 5.75 Å². The number of halogens is 1. The van der Waals surface area contributed by atoms with Crippen LogP contribution < -0.4 is 15.8 Å². The molecule has 1 unspecified atom stereocenters. The smallest absolute Gasteiger partial charge is 0.251 e. The molecule has 3 N–H and O–H groups in total. The highest BCUT2D eigenvalue weighted by atomic mass is 35.5. The highest BCUT2D eigenvalue weighted by Crippen LogP contribution is 2.31. The first-order chi connectivity index (χ1) is 12.2. The predicted molar refractivity (Wildman–Crippen MR) is 106 cm³/mol. The molecule has 1 amide bonds. The fourth-order valence-electron chi connectivity index (χ4n) is 3.43. The SMILES string of the molecule is Cl.Nc1ccc2c(c1)CCCC2NC(=O)c1ccc(OCC2CC2)cc1. The van der Waals surface area contributed by atoms with Gasteiger partial charge in [-0.25, -0.2) is 0 Å². The molecule has 1 fully saturated rings. The zero-order chi connectivity index (χ0) is 17.2. The number of aryl methyl sites for hydroxylation is 1. The summed E-state index contributed by atoms with van der Waals surface area (Å²) in [6, 6.07) is 13.5. The van der Waals surface area contributed by atoms with Crippen LogP contribution in [0.2, 0.25) is 0 Å². The van der Waals surface area contributed by atoms with Crippen LogP contribution in [-0.2, 0) is 6.42 Å². The Hall–Kier alpha value is -2.20. The minimum Gasteiger partial charge on any atom is -0.493 e. The van der Waals surface area contributed by atoms with E-state index in [1.54, 1.807) is 0 Å². The molecule has 138 valence electrons. The molecule has 5 heteroatoms. The Morgan fingerprint density at radius 3 is 2.62 bits per heavy atom. The van der Waals surface area contributed by atoms with Crippen LogP contribution in [0.1, 0.15) is 53.2 Å². The molecule has 2 aromatic carbocycles. The highest BCUT2D eigenvalue weighted by Gasteiger charge is 2.23. The van der Waals surface area contributed by atoms with Crippen LogP contribution in [-0.4, -0.2) is 12.5 Å². The normalized spacial score (nSPS) is 18.4. The topological polar surface area (TPSA) is 64.3 Å². The van der Waals surface area contributed by atoms with Crippen molar-refractivity contribution < 1.29 is 9.53 Å². The van der Waals surface area contributed by atoms with Crippen LogP contribution in [0.5, 0.6) is 5.75 Å². The second-order valence-electron chi connectivity index (χ2n) is 7.16. The van der Waals surface area contributed by atoms with Gasteiger partial charge in [0.05, 0.1) is 12.6 Å². The third kappa shape index (κ3) is 4.31. The third-order valence-corrected chi connectivity index (χ3v) is 5.09. The Labute approximate surface area is 160 Å². The summed E-state index contributed by atoms with van der Waals surface area (Å²) in [5.74, 6) is 1.52. The van der Waals surface area contributed by atoms with E-state index in [0.717, 1.165) is 43.2 Å². The molecule has 4 nitrogen and oxygen atoms in total. The van der Waals surface area contributed by atoms with E-state index in [9.17, 15) is 4.79 Å². The van der Waals surface area contributed by atoms with Crippen LogP contribution in [0.3, 0.4) is 0 Å². The van der Waals surface area contributed by atoms with E-state index in [-0.39, 0.29) is 24.4 Å². The zero-order valence-corrected chi connectivity index (χ0v) is 15.6. The zero-order valence-electron chi connectivity index (χ0n) is 14.7. The average Bonchev–Trinajstić information content (AvgIpc) is 3.45. The summed E-state index contributed by atoms with van der Waals surface area (Å²) in [5, 5.41) is 3.17. The number of benzene rings is 2. The number of carbonyl (C=O) groups is 1. The lowest BCUT2D eigenvalue weighted by molar-refractivity contribution is 0.0932. The monoisotopic (exact) mass is 372 g/mol. The van der Waals surface area contributed by atoms with Crippen molar-refractivity contribution in [1.29, 1.82) is 0 Å². The van der Waals surface area contributed by atoms with Crippen LogP contribution in [0.4, 0.5) is 5.69 Å². The minimum absolute atomic E-state index is 0. The molecule has 0 radical (unpaired) electrons. The second kappa shape index (κ2) is 8.00. The van der Waals surface area contributed by atoms with Gasteiger partial charge in [0.2, 0.25) is 0 Å². The van der Waals surface area contributed by atoms with E-state index in [1.165, 1.54) is 24.0 Å². The Morgan fingerprint density at radius 2 is 1.88 bits per heavy atom. The molecule has 26 heavy (non-hydrogen) atoms. The fourth-order valence-corrected chi connectivity index (χ4v) is 3.43. The van der Waals surface area contributed by atoms with Gasteiger partial charge in [-0.05, 0) is 85.5 Å². The van der Waals surface area contributed by atoms with Gasteiger partial charge >= 0.3 is 0 Å². The van der Waals surface area contributed by atoms with E-state index >= 15 is 0 Å². The van der Waals surface area contributed by atoms with Gasteiger partial charge < -0.3 is 15.8 Å². The lowest BCUT2D eigenvalue weighted by atomic mass is 9.87. The molecule has 2 aliphatic rings. The highest BCUT2D eigenvalue weighted by molar-refractivity contribution is 5.94. The molecule has 0 bridgehead atoms. The summed E-state index contributed by atoms with van der Waals surface area (Å²) in [6.07, 6.45) is 5.60. The maximum atomic E-state index is 12.6. The number of fused-ring (bicyclic) bond motifs is 1. The molecule has 0 spiro atoms. The number of nitrogen functional groups attached to an aromatic ring is 1. The maximum Gasteiger partial charge on any atom is 0.251 e. The predicted octanol–water partition coefficient (Wildman–Crippen LogP) is 4.29. The number of anilines is 1. The van der Waals surface area contributed by atoms with Gasteiger partial charge in [0.25, 0.3) is 5.91 Å². The second-order valence-corrected chi connectivity index (χ2v) is 7.16. The summed E-state index contributed by atoms with van der Waals surface area (Å²) >= 11 is 0. The lowest BCUT2D eigenvalue weighted by Gasteiger charge is -2.26. The molecule has 0 aliphatic heterocycles. The fraction of sp³-hybridized carbons (Fsp3) is 0.381. The van der Waals surface area contributed by atoms with Crippen LogP contribution in [0.25, 0.3) is 0 Å². The van der Waals surface area contributed by atoms with Crippen LogP contribution >= 0.6 is 12.4 Å². The van der Waals surface area contributed by atoms with E-state index in [4.69, 9.17) is 10.5 Å². The Bertz CT molecular complexity index is 772. The van der Waals surface area contributed by atoms with Crippen molar-refractivity contribution in [2.24, 2.45) is 5.92 Å². The number of rotatable bonds is 5. The largest absolute Gasteiger partial charge is 0.493 e. The van der Waals surface area contributed by atoms with Crippen molar-refractivity contribution >= 4 is 24.0 Å². The Balaban J connectivity index is 0.00000196.